The van der Waals surface area contributed by atoms with Crippen LogP contribution in [0.5, 0.6) is 11.5 Å². The van der Waals surface area contributed by atoms with Crippen LogP contribution in [0.3, 0.4) is 0 Å². The number of carbonyl (C=O) groups is 1. The van der Waals surface area contributed by atoms with Gasteiger partial charge in [0, 0.05) is 6.07 Å². The molecule has 1 N–H and O–H groups in total. The Bertz CT molecular complexity index is 1050. The molecule has 152 valence electrons. The Hall–Kier alpha value is -3.56. The van der Waals surface area contributed by atoms with Gasteiger partial charge < -0.3 is 14.8 Å². The Morgan fingerprint density at radius 3 is 2.52 bits per heavy atom. The van der Waals surface area contributed by atoms with Crippen LogP contribution < -0.4 is 14.8 Å². The van der Waals surface area contributed by atoms with Gasteiger partial charge in [0.15, 0.2) is 5.69 Å². The second-order valence-electron chi connectivity index (χ2n) is 6.00. The lowest BCUT2D eigenvalue weighted by molar-refractivity contribution is -0.137. The maximum atomic E-state index is 13.0. The summed E-state index contributed by atoms with van der Waals surface area (Å²) < 4.78 is 50.4. The molecule has 1 aromatic heterocycles. The van der Waals surface area contributed by atoms with Crippen molar-refractivity contribution in [3.63, 3.8) is 0 Å². The van der Waals surface area contributed by atoms with Crippen molar-refractivity contribution in [3.05, 3.63) is 59.4 Å². The first-order valence-corrected chi connectivity index (χ1v) is 8.38. The zero-order valence-corrected chi connectivity index (χ0v) is 15.7. The van der Waals surface area contributed by atoms with Gasteiger partial charge >= 0.3 is 6.18 Å². The van der Waals surface area contributed by atoms with Gasteiger partial charge in [-0.2, -0.15) is 13.2 Å². The van der Waals surface area contributed by atoms with Gasteiger partial charge in [-0.05, 0) is 37.3 Å². The first-order chi connectivity index (χ1) is 13.7. The van der Waals surface area contributed by atoms with E-state index in [9.17, 15) is 18.0 Å². The van der Waals surface area contributed by atoms with E-state index in [4.69, 9.17) is 9.47 Å². The molecule has 2 aromatic carbocycles. The van der Waals surface area contributed by atoms with Gasteiger partial charge in [-0.1, -0.05) is 11.3 Å². The summed E-state index contributed by atoms with van der Waals surface area (Å²) in [5.74, 6) is 0.344. The third-order valence-electron chi connectivity index (χ3n) is 4.18. The molecule has 7 nitrogen and oxygen atoms in total. The molecule has 0 aliphatic heterocycles. The molecule has 0 aliphatic rings. The van der Waals surface area contributed by atoms with Gasteiger partial charge in [-0.15, -0.1) is 5.10 Å². The molecule has 3 aromatic rings. The van der Waals surface area contributed by atoms with Crippen LogP contribution in [0.25, 0.3) is 5.69 Å². The molecule has 0 radical (unpaired) electrons. The highest BCUT2D eigenvalue weighted by molar-refractivity contribution is 6.04. The molecule has 0 aliphatic carbocycles. The number of halogens is 3. The summed E-state index contributed by atoms with van der Waals surface area (Å²) in [6, 6.07) is 9.45. The van der Waals surface area contributed by atoms with Crippen LogP contribution in [-0.4, -0.2) is 35.1 Å². The van der Waals surface area contributed by atoms with Gasteiger partial charge in [0.2, 0.25) is 0 Å². The Labute approximate surface area is 164 Å². The number of ether oxygens (including phenoxy) is 2. The minimum absolute atomic E-state index is 0.0275. The van der Waals surface area contributed by atoms with E-state index in [2.05, 4.69) is 15.6 Å². The monoisotopic (exact) mass is 406 g/mol. The van der Waals surface area contributed by atoms with Crippen LogP contribution >= 0.6 is 0 Å². The quantitative estimate of drug-likeness (QED) is 0.696. The van der Waals surface area contributed by atoms with Gasteiger partial charge in [0.1, 0.15) is 11.5 Å². The van der Waals surface area contributed by atoms with E-state index in [1.807, 2.05) is 0 Å². The number of nitrogens with zero attached hydrogens (tertiary/aromatic N) is 3. The maximum Gasteiger partial charge on any atom is 0.416 e. The van der Waals surface area contributed by atoms with Crippen LogP contribution in [0.1, 0.15) is 21.7 Å². The SMILES string of the molecule is COc1ccc(NC(=O)c2nnn(-c3cccc(C(F)(F)F)c3)c2C)c(OC)c1. The van der Waals surface area contributed by atoms with Crippen molar-refractivity contribution in [2.45, 2.75) is 13.1 Å². The van der Waals surface area contributed by atoms with Gasteiger partial charge in [0.25, 0.3) is 5.91 Å². The van der Waals surface area contributed by atoms with E-state index in [1.54, 1.807) is 25.1 Å². The summed E-state index contributed by atoms with van der Waals surface area (Å²) in [4.78, 5) is 12.6. The van der Waals surface area contributed by atoms with Gasteiger partial charge in [0.05, 0.1) is 36.9 Å². The van der Waals surface area contributed by atoms with Crippen molar-refractivity contribution < 1.29 is 27.4 Å². The summed E-state index contributed by atoms with van der Waals surface area (Å²) in [6.07, 6.45) is -4.49. The lowest BCUT2D eigenvalue weighted by atomic mass is 10.2. The van der Waals surface area contributed by atoms with Crippen LogP contribution in [-0.2, 0) is 6.18 Å². The Morgan fingerprint density at radius 1 is 1.10 bits per heavy atom. The fraction of sp³-hybridized carbons (Fsp3) is 0.211. The van der Waals surface area contributed by atoms with Crippen molar-refractivity contribution >= 4 is 11.6 Å². The highest BCUT2D eigenvalue weighted by Gasteiger charge is 2.31. The highest BCUT2D eigenvalue weighted by atomic mass is 19.4. The van der Waals surface area contributed by atoms with E-state index >= 15 is 0 Å². The predicted octanol–water partition coefficient (Wildman–Crippen LogP) is 3.86. The van der Waals surface area contributed by atoms with Gasteiger partial charge in [-0.3, -0.25) is 4.79 Å². The summed E-state index contributed by atoms with van der Waals surface area (Å²) in [5.41, 5.74) is -0.0364. The van der Waals surface area contributed by atoms with Crippen molar-refractivity contribution in [1.29, 1.82) is 0 Å². The molecule has 0 saturated carbocycles. The average Bonchev–Trinajstić information content (AvgIpc) is 3.09. The average molecular weight is 406 g/mol. The summed E-state index contributed by atoms with van der Waals surface area (Å²) >= 11 is 0. The molecule has 0 bridgehead atoms. The highest BCUT2D eigenvalue weighted by Crippen LogP contribution is 2.31. The fourth-order valence-corrected chi connectivity index (χ4v) is 2.68. The first kappa shape index (κ1) is 20.2. The van der Waals surface area contributed by atoms with Crippen molar-refractivity contribution in [2.75, 3.05) is 19.5 Å². The van der Waals surface area contributed by atoms with Crippen molar-refractivity contribution in [3.8, 4) is 17.2 Å². The molecule has 0 spiro atoms. The molecule has 29 heavy (non-hydrogen) atoms. The third kappa shape index (κ3) is 4.15. The minimum atomic E-state index is -4.49. The number of methoxy groups -OCH3 is 2. The number of aromatic nitrogens is 3. The summed E-state index contributed by atoms with van der Waals surface area (Å²) in [5, 5.41) is 10.3. The largest absolute Gasteiger partial charge is 0.497 e. The fourth-order valence-electron chi connectivity index (χ4n) is 2.68. The second-order valence-corrected chi connectivity index (χ2v) is 6.00. The van der Waals surface area contributed by atoms with Crippen LogP contribution in [0, 0.1) is 6.92 Å². The van der Waals surface area contributed by atoms with E-state index in [0.717, 1.165) is 12.1 Å². The molecule has 1 amide bonds. The van der Waals surface area contributed by atoms with E-state index in [-0.39, 0.29) is 17.1 Å². The smallest absolute Gasteiger partial charge is 0.416 e. The second kappa shape index (κ2) is 7.82. The first-order valence-electron chi connectivity index (χ1n) is 8.38. The molecule has 0 saturated heterocycles. The number of benzene rings is 2. The number of carbonyl (C=O) groups excluding carboxylic acids is 1. The van der Waals surface area contributed by atoms with Crippen molar-refractivity contribution in [1.82, 2.24) is 15.0 Å². The standard InChI is InChI=1S/C19H17F3N4O3/c1-11-17(18(27)23-15-8-7-14(28-2)10-16(15)29-3)24-25-26(11)13-6-4-5-12(9-13)19(20,21)22/h4-10H,1-3H3,(H,23,27). The van der Waals surface area contributed by atoms with Crippen LogP contribution in [0.2, 0.25) is 0 Å². The molecule has 3 rings (SSSR count). The minimum Gasteiger partial charge on any atom is -0.497 e. The topological polar surface area (TPSA) is 78.3 Å². The van der Waals surface area contributed by atoms with E-state index in [0.29, 0.717) is 17.2 Å². The normalized spacial score (nSPS) is 11.2. The maximum absolute atomic E-state index is 13.0. The van der Waals surface area contributed by atoms with E-state index in [1.165, 1.54) is 31.0 Å². The lowest BCUT2D eigenvalue weighted by Gasteiger charge is -2.11. The number of alkyl halides is 3. The molecule has 10 heteroatoms. The molecule has 1 heterocycles. The number of nitrogens with one attached hydrogen (secondary N) is 1. The number of hydrogen-bond donors (Lipinski definition) is 1. The zero-order valence-electron chi connectivity index (χ0n) is 15.7. The number of rotatable bonds is 5. The van der Waals surface area contributed by atoms with Gasteiger partial charge in [-0.25, -0.2) is 4.68 Å². The molecular weight excluding hydrogens is 389 g/mol. The number of anilines is 1. The Kier molecular flexibility index (Phi) is 5.44. The molecular formula is C19H17F3N4O3. The zero-order chi connectivity index (χ0) is 21.2. The number of hydrogen-bond acceptors (Lipinski definition) is 5. The van der Waals surface area contributed by atoms with Crippen LogP contribution in [0.4, 0.5) is 18.9 Å². The Morgan fingerprint density at radius 2 is 1.86 bits per heavy atom. The molecule has 0 atom stereocenters. The lowest BCUT2D eigenvalue weighted by Crippen LogP contribution is -2.15. The van der Waals surface area contributed by atoms with E-state index < -0.39 is 17.6 Å². The van der Waals surface area contributed by atoms with Crippen molar-refractivity contribution in [2.24, 2.45) is 0 Å². The third-order valence-corrected chi connectivity index (χ3v) is 4.18. The number of amides is 1. The summed E-state index contributed by atoms with van der Waals surface area (Å²) in [7, 11) is 2.95. The van der Waals surface area contributed by atoms with Crippen LogP contribution in [0.15, 0.2) is 42.5 Å². The molecule has 0 fully saturated rings. The molecule has 0 unspecified atom stereocenters. The summed E-state index contributed by atoms with van der Waals surface area (Å²) in [6.45, 7) is 1.54. The predicted molar refractivity (Wildman–Crippen MR) is 98.6 cm³/mol. The Balaban J connectivity index is 1.89.